The van der Waals surface area contributed by atoms with Crippen molar-refractivity contribution in [2.45, 2.75) is 11.7 Å². The Bertz CT molecular complexity index is 277. The normalized spacial score (nSPS) is 25.7. The fourth-order valence-electron chi connectivity index (χ4n) is 1.08. The van der Waals surface area contributed by atoms with Crippen LogP contribution in [0.3, 0.4) is 0 Å². The zero-order chi connectivity index (χ0) is 10.0. The van der Waals surface area contributed by atoms with E-state index in [-0.39, 0.29) is 17.6 Å². The molecule has 1 saturated heterocycles. The lowest BCUT2D eigenvalue weighted by molar-refractivity contribution is -0.127. The molecule has 1 aliphatic rings. The lowest BCUT2D eigenvalue weighted by Gasteiger charge is -2.06. The van der Waals surface area contributed by atoms with Crippen LogP contribution in [-0.4, -0.2) is 41.2 Å². The van der Waals surface area contributed by atoms with Gasteiger partial charge in [0.1, 0.15) is 5.25 Å². The zero-order valence-electron chi connectivity index (χ0n) is 7.48. The van der Waals surface area contributed by atoms with Crippen LogP contribution >= 0.6 is 11.8 Å². The third kappa shape index (κ3) is 2.00. The molecule has 2 N–H and O–H groups in total. The number of amides is 2. The Balaban J connectivity index is 2.72. The Hall–Kier alpha value is -1.04. The molecule has 0 aromatic rings. The van der Waals surface area contributed by atoms with E-state index >= 15 is 0 Å². The summed E-state index contributed by atoms with van der Waals surface area (Å²) in [5, 5.41) is 0.248. The Morgan fingerprint density at radius 3 is 2.77 bits per heavy atom. The smallest absolute Gasteiger partial charge is 0.242 e. The van der Waals surface area contributed by atoms with Crippen LogP contribution in [0.2, 0.25) is 0 Å². The van der Waals surface area contributed by atoms with Crippen molar-refractivity contribution in [2.75, 3.05) is 14.1 Å². The first-order valence-corrected chi connectivity index (χ1v) is 4.63. The number of rotatable bonds is 2. The van der Waals surface area contributed by atoms with Gasteiger partial charge in [0.15, 0.2) is 5.17 Å². The molecular formula is C7H11N3O2S. The second-order valence-corrected chi connectivity index (χ2v) is 3.85. The Morgan fingerprint density at radius 1 is 1.77 bits per heavy atom. The van der Waals surface area contributed by atoms with Crippen molar-refractivity contribution in [3.05, 3.63) is 0 Å². The van der Waals surface area contributed by atoms with Gasteiger partial charge in [-0.25, -0.2) is 0 Å². The fourth-order valence-corrected chi connectivity index (χ4v) is 2.20. The van der Waals surface area contributed by atoms with Crippen molar-refractivity contribution in [3.8, 4) is 0 Å². The molecule has 5 nitrogen and oxygen atoms in total. The number of aliphatic imine (C=N–C) groups is 1. The highest BCUT2D eigenvalue weighted by Crippen LogP contribution is 2.27. The highest BCUT2D eigenvalue weighted by Gasteiger charge is 2.35. The summed E-state index contributed by atoms with van der Waals surface area (Å²) in [5.41, 5.74) is 5.00. The predicted octanol–water partition coefficient (Wildman–Crippen LogP) is -0.579. The van der Waals surface area contributed by atoms with Crippen molar-refractivity contribution in [1.29, 1.82) is 0 Å². The van der Waals surface area contributed by atoms with Crippen molar-refractivity contribution < 1.29 is 9.59 Å². The number of thioether (sulfide) groups is 1. The summed E-state index contributed by atoms with van der Waals surface area (Å²) in [5.74, 6) is -0.569. The molecule has 0 bridgehead atoms. The van der Waals surface area contributed by atoms with Gasteiger partial charge in [-0.05, 0) is 0 Å². The number of hydrogen-bond acceptors (Lipinski definition) is 4. The molecule has 1 heterocycles. The van der Waals surface area contributed by atoms with Crippen LogP contribution in [0, 0.1) is 0 Å². The van der Waals surface area contributed by atoms with Crippen LogP contribution < -0.4 is 5.73 Å². The number of hydrogen-bond donors (Lipinski definition) is 1. The molecule has 0 aliphatic carbocycles. The van der Waals surface area contributed by atoms with Crippen molar-refractivity contribution in [3.63, 3.8) is 0 Å². The maximum Gasteiger partial charge on any atom is 0.242 e. The van der Waals surface area contributed by atoms with E-state index in [2.05, 4.69) is 4.99 Å². The third-order valence-electron chi connectivity index (χ3n) is 1.72. The minimum absolute atomic E-state index is 0.0762. The summed E-state index contributed by atoms with van der Waals surface area (Å²) in [6.45, 7) is 0. The van der Waals surface area contributed by atoms with Crippen LogP contribution in [0.15, 0.2) is 4.99 Å². The Labute approximate surface area is 80.4 Å². The maximum absolute atomic E-state index is 11.4. The van der Waals surface area contributed by atoms with E-state index in [1.165, 1.54) is 16.7 Å². The van der Waals surface area contributed by atoms with Gasteiger partial charge >= 0.3 is 0 Å². The van der Waals surface area contributed by atoms with Gasteiger partial charge in [0.2, 0.25) is 11.8 Å². The van der Waals surface area contributed by atoms with E-state index in [9.17, 15) is 9.59 Å². The minimum Gasteiger partial charge on any atom is -0.370 e. The summed E-state index contributed by atoms with van der Waals surface area (Å²) in [7, 11) is 3.25. The van der Waals surface area contributed by atoms with Gasteiger partial charge in [0.25, 0.3) is 0 Å². The molecule has 1 atom stereocenters. The lowest BCUT2D eigenvalue weighted by Crippen LogP contribution is -2.30. The van der Waals surface area contributed by atoms with Gasteiger partial charge in [-0.2, -0.15) is 0 Å². The van der Waals surface area contributed by atoms with Crippen LogP contribution in [0.5, 0.6) is 0 Å². The quantitative estimate of drug-likeness (QED) is 0.649. The van der Waals surface area contributed by atoms with E-state index in [0.29, 0.717) is 5.17 Å². The first kappa shape index (κ1) is 10.0. The molecule has 1 aliphatic heterocycles. The molecule has 0 unspecified atom stereocenters. The van der Waals surface area contributed by atoms with E-state index in [4.69, 9.17) is 5.73 Å². The molecule has 0 radical (unpaired) electrons. The first-order chi connectivity index (χ1) is 6.06. The van der Waals surface area contributed by atoms with Gasteiger partial charge in [-0.3, -0.25) is 19.5 Å². The number of primary amides is 1. The van der Waals surface area contributed by atoms with Crippen molar-refractivity contribution in [1.82, 2.24) is 4.90 Å². The molecule has 1 rings (SSSR count). The van der Waals surface area contributed by atoms with E-state index in [1.807, 2.05) is 0 Å². The van der Waals surface area contributed by atoms with E-state index < -0.39 is 5.91 Å². The molecule has 0 saturated carbocycles. The average Bonchev–Trinajstić information content (AvgIpc) is 2.32. The Kier molecular flexibility index (Phi) is 2.92. The summed E-state index contributed by atoms with van der Waals surface area (Å²) in [4.78, 5) is 27.4. The third-order valence-corrected chi connectivity index (χ3v) is 3.04. The zero-order valence-corrected chi connectivity index (χ0v) is 8.30. The Morgan fingerprint density at radius 2 is 2.38 bits per heavy atom. The molecule has 0 aromatic heterocycles. The summed E-state index contributed by atoms with van der Waals surface area (Å²) in [6, 6.07) is 0. The number of amidine groups is 1. The summed E-state index contributed by atoms with van der Waals surface area (Å²) in [6.07, 6.45) is 0.0762. The fraction of sp³-hybridized carbons (Fsp3) is 0.571. The molecule has 1 fully saturated rings. The molecule has 2 amide bonds. The standard InChI is InChI=1S/C7H11N3O2S/c1-9-7-10(2)6(12)4(13-7)3-5(8)11/h4H,3H2,1-2H3,(H2,8,11)/t4-/m1/s1. The maximum atomic E-state index is 11.4. The second-order valence-electron chi connectivity index (χ2n) is 2.68. The highest BCUT2D eigenvalue weighted by atomic mass is 32.2. The van der Waals surface area contributed by atoms with Crippen molar-refractivity contribution >= 4 is 28.7 Å². The molecule has 72 valence electrons. The number of carbonyl (C=O) groups excluding carboxylic acids is 2. The van der Waals surface area contributed by atoms with Crippen LogP contribution in [-0.2, 0) is 9.59 Å². The monoisotopic (exact) mass is 201 g/mol. The van der Waals surface area contributed by atoms with Gasteiger partial charge in [0.05, 0.1) is 0 Å². The van der Waals surface area contributed by atoms with Crippen LogP contribution in [0.25, 0.3) is 0 Å². The molecule has 0 aromatic carbocycles. The van der Waals surface area contributed by atoms with Crippen LogP contribution in [0.4, 0.5) is 0 Å². The molecule has 13 heavy (non-hydrogen) atoms. The minimum atomic E-state index is -0.461. The first-order valence-electron chi connectivity index (χ1n) is 3.75. The van der Waals surface area contributed by atoms with Crippen molar-refractivity contribution in [2.24, 2.45) is 10.7 Å². The number of carbonyl (C=O) groups is 2. The van der Waals surface area contributed by atoms with Gasteiger partial charge in [0, 0.05) is 20.5 Å². The van der Waals surface area contributed by atoms with E-state index in [1.54, 1.807) is 14.1 Å². The molecule has 6 heteroatoms. The SMILES string of the molecule is CN=C1S[C@H](CC(N)=O)C(=O)N1C. The second kappa shape index (κ2) is 3.78. The van der Waals surface area contributed by atoms with Gasteiger partial charge < -0.3 is 5.73 Å². The highest BCUT2D eigenvalue weighted by molar-refractivity contribution is 8.15. The number of nitrogens with two attached hydrogens (primary N) is 1. The predicted molar refractivity (Wildman–Crippen MR) is 51.3 cm³/mol. The van der Waals surface area contributed by atoms with Crippen LogP contribution in [0.1, 0.15) is 6.42 Å². The van der Waals surface area contributed by atoms with Gasteiger partial charge in [-0.1, -0.05) is 11.8 Å². The average molecular weight is 201 g/mol. The van der Waals surface area contributed by atoms with E-state index in [0.717, 1.165) is 0 Å². The molecule has 0 spiro atoms. The largest absolute Gasteiger partial charge is 0.370 e. The number of nitrogens with zero attached hydrogens (tertiary/aromatic N) is 2. The summed E-state index contributed by atoms with van der Waals surface area (Å²) < 4.78 is 0. The topological polar surface area (TPSA) is 75.8 Å². The lowest BCUT2D eigenvalue weighted by atomic mass is 10.3. The molecular weight excluding hydrogens is 190 g/mol. The van der Waals surface area contributed by atoms with Gasteiger partial charge in [-0.15, -0.1) is 0 Å². The summed E-state index contributed by atoms with van der Waals surface area (Å²) >= 11 is 1.28.